The van der Waals surface area contributed by atoms with Crippen LogP contribution in [0, 0.1) is 0 Å². The molecule has 0 bridgehead atoms. The number of aliphatic imine (C=N–C) groups is 1. The molecule has 148 valence electrons. The van der Waals surface area contributed by atoms with Gasteiger partial charge < -0.3 is 20.1 Å². The molecule has 0 aliphatic rings. The van der Waals surface area contributed by atoms with E-state index in [1.165, 1.54) is 0 Å². The number of halogens is 1. The van der Waals surface area contributed by atoms with Crippen LogP contribution in [0.3, 0.4) is 0 Å². The first kappa shape index (κ1) is 23.0. The molecule has 0 radical (unpaired) electrons. The van der Waals surface area contributed by atoms with Gasteiger partial charge in [0.1, 0.15) is 5.75 Å². The van der Waals surface area contributed by atoms with Gasteiger partial charge in [-0.25, -0.2) is 9.98 Å². The summed E-state index contributed by atoms with van der Waals surface area (Å²) in [6, 6.07) is 11.8. The summed E-state index contributed by atoms with van der Waals surface area (Å²) in [5.41, 5.74) is 2.05. The Morgan fingerprint density at radius 1 is 1.07 bits per heavy atom. The number of ether oxygens (including phenoxy) is 2. The van der Waals surface area contributed by atoms with Crippen molar-refractivity contribution in [1.29, 1.82) is 0 Å². The molecule has 0 fully saturated rings. The Morgan fingerprint density at radius 3 is 2.59 bits per heavy atom. The molecule has 0 unspecified atom stereocenters. The fourth-order valence-electron chi connectivity index (χ4n) is 2.41. The van der Waals surface area contributed by atoms with Gasteiger partial charge in [-0.15, -0.1) is 24.0 Å². The van der Waals surface area contributed by atoms with Crippen molar-refractivity contribution >= 4 is 29.9 Å². The minimum atomic E-state index is 0. The molecule has 0 aliphatic heterocycles. The largest absolute Gasteiger partial charge is 0.496 e. The maximum atomic E-state index is 5.70. The van der Waals surface area contributed by atoms with Gasteiger partial charge in [0, 0.05) is 30.4 Å². The van der Waals surface area contributed by atoms with Crippen molar-refractivity contribution < 1.29 is 9.47 Å². The lowest BCUT2D eigenvalue weighted by Gasteiger charge is -2.14. The molecule has 27 heavy (non-hydrogen) atoms. The van der Waals surface area contributed by atoms with E-state index in [0.29, 0.717) is 25.6 Å². The Bertz CT molecular complexity index is 710. The van der Waals surface area contributed by atoms with Crippen LogP contribution < -0.4 is 20.1 Å². The van der Waals surface area contributed by atoms with Crippen molar-refractivity contribution in [2.45, 2.75) is 33.4 Å². The number of aromatic nitrogens is 1. The maximum Gasteiger partial charge on any atom is 0.218 e. The van der Waals surface area contributed by atoms with Crippen LogP contribution in [0.25, 0.3) is 0 Å². The molecule has 1 heterocycles. The summed E-state index contributed by atoms with van der Waals surface area (Å²) in [6.07, 6.45) is 2.69. The summed E-state index contributed by atoms with van der Waals surface area (Å²) in [5, 5.41) is 6.60. The van der Waals surface area contributed by atoms with Crippen molar-refractivity contribution in [2.24, 2.45) is 4.99 Å². The number of methoxy groups -OCH3 is 1. The number of pyridine rings is 1. The number of guanidine groups is 1. The highest BCUT2D eigenvalue weighted by Crippen LogP contribution is 2.17. The van der Waals surface area contributed by atoms with Crippen molar-refractivity contribution in [2.75, 3.05) is 20.3 Å². The third-order valence-electron chi connectivity index (χ3n) is 3.68. The van der Waals surface area contributed by atoms with Crippen LogP contribution in [0.4, 0.5) is 0 Å². The van der Waals surface area contributed by atoms with Crippen LogP contribution >= 0.6 is 24.0 Å². The SMILES string of the molecule is CCCOc1ncccc1CN=C(NCC)NCc1ccccc1OC.I. The van der Waals surface area contributed by atoms with E-state index < -0.39 is 0 Å². The predicted molar refractivity (Wildman–Crippen MR) is 120 cm³/mol. The second kappa shape index (κ2) is 13.2. The third-order valence-corrected chi connectivity index (χ3v) is 3.68. The van der Waals surface area contributed by atoms with E-state index in [9.17, 15) is 0 Å². The van der Waals surface area contributed by atoms with Crippen molar-refractivity contribution in [3.8, 4) is 11.6 Å². The first-order valence-electron chi connectivity index (χ1n) is 8.99. The molecule has 2 N–H and O–H groups in total. The summed E-state index contributed by atoms with van der Waals surface area (Å²) in [4.78, 5) is 8.96. The van der Waals surface area contributed by atoms with Crippen LogP contribution in [0.2, 0.25) is 0 Å². The van der Waals surface area contributed by atoms with E-state index in [1.54, 1.807) is 13.3 Å². The smallest absolute Gasteiger partial charge is 0.218 e. The second-order valence-electron chi connectivity index (χ2n) is 5.68. The summed E-state index contributed by atoms with van der Waals surface area (Å²) < 4.78 is 11.1. The molecule has 0 saturated carbocycles. The zero-order valence-electron chi connectivity index (χ0n) is 16.2. The number of hydrogen-bond donors (Lipinski definition) is 2. The first-order valence-corrected chi connectivity index (χ1v) is 8.99. The minimum Gasteiger partial charge on any atom is -0.496 e. The number of para-hydroxylation sites is 1. The van der Waals surface area contributed by atoms with Crippen molar-refractivity contribution in [1.82, 2.24) is 15.6 Å². The van der Waals surface area contributed by atoms with Gasteiger partial charge >= 0.3 is 0 Å². The average Bonchev–Trinajstić information content (AvgIpc) is 2.69. The second-order valence-corrected chi connectivity index (χ2v) is 5.68. The van der Waals surface area contributed by atoms with Gasteiger partial charge in [-0.3, -0.25) is 0 Å². The molecule has 0 amide bonds. The first-order chi connectivity index (χ1) is 12.8. The Balaban J connectivity index is 0.00000364. The van der Waals surface area contributed by atoms with Gasteiger partial charge in [-0.05, 0) is 25.5 Å². The molecular formula is C20H29IN4O2. The lowest BCUT2D eigenvalue weighted by molar-refractivity contribution is 0.302. The number of rotatable bonds is 9. The highest BCUT2D eigenvalue weighted by atomic mass is 127. The van der Waals surface area contributed by atoms with E-state index in [2.05, 4.69) is 27.5 Å². The standard InChI is InChI=1S/C20H28N4O2.HI/c1-4-13-26-19-17(10-8-12-22-19)15-24-20(21-5-2)23-14-16-9-6-7-11-18(16)25-3;/h6-12H,4-5,13-15H2,1-3H3,(H2,21,23,24);1H. The number of hydrogen-bond acceptors (Lipinski definition) is 4. The number of nitrogens with zero attached hydrogens (tertiary/aromatic N) is 2. The summed E-state index contributed by atoms with van der Waals surface area (Å²) >= 11 is 0. The van der Waals surface area contributed by atoms with E-state index in [-0.39, 0.29) is 24.0 Å². The molecule has 0 saturated heterocycles. The highest BCUT2D eigenvalue weighted by Gasteiger charge is 2.06. The Kier molecular flexibility index (Phi) is 11.2. The van der Waals surface area contributed by atoms with Crippen LogP contribution in [0.1, 0.15) is 31.4 Å². The van der Waals surface area contributed by atoms with Gasteiger partial charge in [0.15, 0.2) is 5.96 Å². The maximum absolute atomic E-state index is 5.70. The third kappa shape index (κ3) is 7.62. The molecule has 6 nitrogen and oxygen atoms in total. The van der Waals surface area contributed by atoms with Crippen LogP contribution in [0.15, 0.2) is 47.6 Å². The number of benzene rings is 1. The summed E-state index contributed by atoms with van der Waals surface area (Å²) in [7, 11) is 1.68. The normalized spacial score (nSPS) is 10.7. The van der Waals surface area contributed by atoms with Gasteiger partial charge in [-0.1, -0.05) is 31.2 Å². The van der Waals surface area contributed by atoms with Crippen LogP contribution in [0.5, 0.6) is 11.6 Å². The fourth-order valence-corrected chi connectivity index (χ4v) is 2.41. The molecule has 0 atom stereocenters. The van der Waals surface area contributed by atoms with Gasteiger partial charge in [0.05, 0.1) is 20.3 Å². The number of nitrogens with one attached hydrogen (secondary N) is 2. The van der Waals surface area contributed by atoms with Crippen LogP contribution in [-0.2, 0) is 13.1 Å². The quantitative estimate of drug-likeness (QED) is 0.323. The lowest BCUT2D eigenvalue weighted by Crippen LogP contribution is -2.36. The topological polar surface area (TPSA) is 67.8 Å². The summed E-state index contributed by atoms with van der Waals surface area (Å²) in [6.45, 7) is 6.67. The molecule has 0 spiro atoms. The molecule has 7 heteroatoms. The van der Waals surface area contributed by atoms with Gasteiger partial charge in [0.2, 0.25) is 5.88 Å². The zero-order chi connectivity index (χ0) is 18.6. The van der Waals surface area contributed by atoms with Gasteiger partial charge in [-0.2, -0.15) is 0 Å². The summed E-state index contributed by atoms with van der Waals surface area (Å²) in [5.74, 6) is 2.25. The molecule has 2 aromatic rings. The molecular weight excluding hydrogens is 455 g/mol. The van der Waals surface area contributed by atoms with E-state index in [0.717, 1.165) is 35.8 Å². The monoisotopic (exact) mass is 484 g/mol. The average molecular weight is 484 g/mol. The Hall–Kier alpha value is -2.03. The fraction of sp³-hybridized carbons (Fsp3) is 0.400. The Morgan fingerprint density at radius 2 is 1.85 bits per heavy atom. The molecule has 1 aromatic carbocycles. The zero-order valence-corrected chi connectivity index (χ0v) is 18.5. The highest BCUT2D eigenvalue weighted by molar-refractivity contribution is 14.0. The molecule has 2 rings (SSSR count). The molecule has 0 aliphatic carbocycles. The van der Waals surface area contributed by atoms with Crippen molar-refractivity contribution in [3.63, 3.8) is 0 Å². The van der Waals surface area contributed by atoms with E-state index >= 15 is 0 Å². The molecule has 1 aromatic heterocycles. The van der Waals surface area contributed by atoms with E-state index in [1.807, 2.05) is 43.3 Å². The van der Waals surface area contributed by atoms with Gasteiger partial charge in [0.25, 0.3) is 0 Å². The predicted octanol–water partition coefficient (Wildman–Crippen LogP) is 3.75. The van der Waals surface area contributed by atoms with Crippen LogP contribution in [-0.4, -0.2) is 31.2 Å². The Labute approximate surface area is 178 Å². The van der Waals surface area contributed by atoms with E-state index in [4.69, 9.17) is 9.47 Å². The lowest BCUT2D eigenvalue weighted by atomic mass is 10.2. The van der Waals surface area contributed by atoms with Crippen molar-refractivity contribution in [3.05, 3.63) is 53.7 Å². The minimum absolute atomic E-state index is 0.